The van der Waals surface area contributed by atoms with Gasteiger partial charge in [0.05, 0.1) is 14.2 Å². The molecule has 1 saturated heterocycles. The lowest BCUT2D eigenvalue weighted by molar-refractivity contribution is -0.133. The SMILES string of the molecule is COc1ccc(CN2CCN(C(=O)CCc3c(C)[nH]c(=O)c(C#N)c3C)CC2)cc1OC. The quantitative estimate of drug-likeness (QED) is 0.711. The molecule has 0 radical (unpaired) electrons. The van der Waals surface area contributed by atoms with E-state index >= 15 is 0 Å². The number of hydrogen-bond donors (Lipinski definition) is 1. The number of piperazine rings is 1. The van der Waals surface area contributed by atoms with Gasteiger partial charge in [0.1, 0.15) is 11.6 Å². The number of methoxy groups -OCH3 is 2. The summed E-state index contributed by atoms with van der Waals surface area (Å²) in [6, 6.07) is 7.89. The number of carbonyl (C=O) groups is 1. The van der Waals surface area contributed by atoms with Gasteiger partial charge in [-0.15, -0.1) is 0 Å². The smallest absolute Gasteiger partial charge is 0.266 e. The van der Waals surface area contributed by atoms with Crippen LogP contribution in [0, 0.1) is 25.2 Å². The zero-order chi connectivity index (χ0) is 23.3. The Morgan fingerprint density at radius 1 is 1.12 bits per heavy atom. The van der Waals surface area contributed by atoms with Crippen LogP contribution in [0.4, 0.5) is 0 Å². The van der Waals surface area contributed by atoms with Gasteiger partial charge in [-0.3, -0.25) is 14.5 Å². The minimum absolute atomic E-state index is 0.0966. The number of ether oxygens (including phenoxy) is 2. The van der Waals surface area contributed by atoms with Gasteiger partial charge in [0.2, 0.25) is 5.91 Å². The maximum atomic E-state index is 12.8. The van der Waals surface area contributed by atoms with Gasteiger partial charge in [-0.1, -0.05) is 6.07 Å². The molecule has 1 fully saturated rings. The van der Waals surface area contributed by atoms with E-state index in [-0.39, 0.29) is 17.0 Å². The van der Waals surface area contributed by atoms with Crippen molar-refractivity contribution in [3.63, 3.8) is 0 Å². The van der Waals surface area contributed by atoms with Crippen LogP contribution in [-0.2, 0) is 17.8 Å². The number of pyridine rings is 1. The van der Waals surface area contributed by atoms with E-state index in [0.717, 1.165) is 36.5 Å². The molecular formula is C24H30N4O4. The lowest BCUT2D eigenvalue weighted by Gasteiger charge is -2.35. The summed E-state index contributed by atoms with van der Waals surface area (Å²) < 4.78 is 10.7. The van der Waals surface area contributed by atoms with Crippen LogP contribution in [0.25, 0.3) is 0 Å². The number of amides is 1. The molecule has 1 aliphatic heterocycles. The Morgan fingerprint density at radius 3 is 2.44 bits per heavy atom. The summed E-state index contributed by atoms with van der Waals surface area (Å²) in [7, 11) is 3.25. The predicted octanol–water partition coefficient (Wildman–Crippen LogP) is 2.16. The van der Waals surface area contributed by atoms with E-state index in [0.29, 0.717) is 43.0 Å². The molecule has 3 rings (SSSR count). The van der Waals surface area contributed by atoms with Crippen molar-refractivity contribution in [3.05, 3.63) is 56.5 Å². The van der Waals surface area contributed by atoms with E-state index in [1.54, 1.807) is 21.1 Å². The summed E-state index contributed by atoms with van der Waals surface area (Å²) in [5.74, 6) is 1.52. The maximum absolute atomic E-state index is 12.8. The number of aromatic nitrogens is 1. The zero-order valence-corrected chi connectivity index (χ0v) is 19.2. The summed E-state index contributed by atoms with van der Waals surface area (Å²) in [6.07, 6.45) is 0.863. The molecule has 32 heavy (non-hydrogen) atoms. The number of nitrogens with zero attached hydrogens (tertiary/aromatic N) is 3. The topological polar surface area (TPSA) is 98.7 Å². The number of H-pyrrole nitrogens is 1. The van der Waals surface area contributed by atoms with Crippen LogP contribution in [-0.4, -0.2) is 61.1 Å². The third-order valence-corrected chi connectivity index (χ3v) is 6.09. The van der Waals surface area contributed by atoms with E-state index in [1.165, 1.54) is 0 Å². The van der Waals surface area contributed by atoms with Gasteiger partial charge in [0.25, 0.3) is 5.56 Å². The predicted molar refractivity (Wildman–Crippen MR) is 121 cm³/mol. The molecule has 1 aromatic heterocycles. The molecule has 2 aromatic rings. The Labute approximate surface area is 188 Å². The van der Waals surface area contributed by atoms with Gasteiger partial charge < -0.3 is 19.4 Å². The first-order valence-electron chi connectivity index (χ1n) is 10.7. The van der Waals surface area contributed by atoms with Crippen LogP contribution < -0.4 is 15.0 Å². The highest BCUT2D eigenvalue weighted by atomic mass is 16.5. The Morgan fingerprint density at radius 2 is 1.81 bits per heavy atom. The number of aryl methyl sites for hydroxylation is 1. The van der Waals surface area contributed by atoms with Crippen molar-refractivity contribution in [1.82, 2.24) is 14.8 Å². The zero-order valence-electron chi connectivity index (χ0n) is 19.2. The lowest BCUT2D eigenvalue weighted by atomic mass is 9.99. The molecule has 2 heterocycles. The first kappa shape index (κ1) is 23.4. The number of nitriles is 1. The fourth-order valence-electron chi connectivity index (χ4n) is 4.20. The third kappa shape index (κ3) is 5.11. The first-order valence-corrected chi connectivity index (χ1v) is 10.7. The fraction of sp³-hybridized carbons (Fsp3) is 0.458. The first-order chi connectivity index (χ1) is 15.4. The van der Waals surface area contributed by atoms with Crippen LogP contribution in [0.3, 0.4) is 0 Å². The lowest BCUT2D eigenvalue weighted by Crippen LogP contribution is -2.48. The average Bonchev–Trinajstić information content (AvgIpc) is 2.79. The number of benzene rings is 1. The maximum Gasteiger partial charge on any atom is 0.266 e. The minimum atomic E-state index is -0.372. The van der Waals surface area contributed by atoms with Crippen molar-refractivity contribution in [2.75, 3.05) is 40.4 Å². The standard InChI is InChI=1S/C24H30N4O4/c1-16-19(17(2)26-24(30)20(16)14-25)6-8-23(29)28-11-9-27(10-12-28)15-18-5-7-21(31-3)22(13-18)32-4/h5,7,13H,6,8-12,15H2,1-4H3,(H,26,30). The molecule has 0 aliphatic carbocycles. The Hall–Kier alpha value is -3.31. The van der Waals surface area contributed by atoms with Crippen LogP contribution in [0.1, 0.15) is 34.4 Å². The van der Waals surface area contributed by atoms with Crippen molar-refractivity contribution in [1.29, 1.82) is 5.26 Å². The van der Waals surface area contributed by atoms with Gasteiger partial charge in [-0.25, -0.2) is 0 Å². The normalized spacial score (nSPS) is 14.2. The Kier molecular flexibility index (Phi) is 7.54. The monoisotopic (exact) mass is 438 g/mol. The van der Waals surface area contributed by atoms with Gasteiger partial charge in [-0.2, -0.15) is 5.26 Å². The number of aromatic amines is 1. The van der Waals surface area contributed by atoms with E-state index in [1.807, 2.05) is 36.1 Å². The summed E-state index contributed by atoms with van der Waals surface area (Å²) >= 11 is 0. The van der Waals surface area contributed by atoms with Crippen molar-refractivity contribution >= 4 is 5.91 Å². The van der Waals surface area contributed by atoms with E-state index < -0.39 is 0 Å². The molecule has 170 valence electrons. The molecule has 1 amide bonds. The second-order valence-corrected chi connectivity index (χ2v) is 8.02. The molecule has 0 atom stereocenters. The summed E-state index contributed by atoms with van der Waals surface area (Å²) in [5, 5.41) is 9.22. The van der Waals surface area contributed by atoms with Crippen molar-refractivity contribution in [2.45, 2.75) is 33.2 Å². The molecule has 0 saturated carbocycles. The van der Waals surface area contributed by atoms with Gasteiger partial charge >= 0.3 is 0 Å². The van der Waals surface area contributed by atoms with Crippen LogP contribution in [0.15, 0.2) is 23.0 Å². The van der Waals surface area contributed by atoms with Gasteiger partial charge in [0.15, 0.2) is 11.5 Å². The molecule has 1 aliphatic rings. The number of nitrogens with one attached hydrogen (secondary N) is 1. The van der Waals surface area contributed by atoms with E-state index in [2.05, 4.69) is 9.88 Å². The molecule has 0 bridgehead atoms. The molecule has 8 heteroatoms. The molecule has 1 aromatic carbocycles. The van der Waals surface area contributed by atoms with Crippen molar-refractivity contribution in [3.8, 4) is 17.6 Å². The highest BCUT2D eigenvalue weighted by Crippen LogP contribution is 2.28. The second-order valence-electron chi connectivity index (χ2n) is 8.02. The molecule has 0 spiro atoms. The van der Waals surface area contributed by atoms with E-state index in [4.69, 9.17) is 9.47 Å². The highest BCUT2D eigenvalue weighted by molar-refractivity contribution is 5.76. The van der Waals surface area contributed by atoms with Crippen LogP contribution in [0.2, 0.25) is 0 Å². The molecule has 0 unspecified atom stereocenters. The summed E-state index contributed by atoms with van der Waals surface area (Å²) in [6.45, 7) is 7.33. The summed E-state index contributed by atoms with van der Waals surface area (Å²) in [5.41, 5.74) is 3.16. The minimum Gasteiger partial charge on any atom is -0.493 e. The van der Waals surface area contributed by atoms with Crippen LogP contribution >= 0.6 is 0 Å². The molecular weight excluding hydrogens is 408 g/mol. The second kappa shape index (κ2) is 10.3. The summed E-state index contributed by atoms with van der Waals surface area (Å²) in [4.78, 5) is 31.6. The number of carbonyl (C=O) groups excluding carboxylic acids is 1. The largest absolute Gasteiger partial charge is 0.493 e. The Balaban J connectivity index is 1.54. The van der Waals surface area contributed by atoms with Crippen molar-refractivity contribution in [2.24, 2.45) is 0 Å². The van der Waals surface area contributed by atoms with Crippen LogP contribution in [0.5, 0.6) is 11.5 Å². The number of rotatable bonds is 7. The van der Waals surface area contributed by atoms with Gasteiger partial charge in [0, 0.05) is 44.8 Å². The van der Waals surface area contributed by atoms with Gasteiger partial charge in [-0.05, 0) is 49.1 Å². The molecule has 8 nitrogen and oxygen atoms in total. The fourth-order valence-corrected chi connectivity index (χ4v) is 4.20. The Bertz CT molecular complexity index is 1080. The average molecular weight is 439 g/mol. The van der Waals surface area contributed by atoms with E-state index in [9.17, 15) is 14.9 Å². The third-order valence-electron chi connectivity index (χ3n) is 6.09. The highest BCUT2D eigenvalue weighted by Gasteiger charge is 2.22. The van der Waals surface area contributed by atoms with Crippen molar-refractivity contribution < 1.29 is 14.3 Å². The molecule has 1 N–H and O–H groups in total. The number of hydrogen-bond acceptors (Lipinski definition) is 6.